The number of nitrogens with one attached hydrogen (secondary N) is 2. The van der Waals surface area contributed by atoms with Crippen LogP contribution in [0.5, 0.6) is 11.5 Å². The van der Waals surface area contributed by atoms with Crippen LogP contribution in [0.2, 0.25) is 5.02 Å². The van der Waals surface area contributed by atoms with Crippen molar-refractivity contribution in [3.05, 3.63) is 53.3 Å². The first-order valence-electron chi connectivity index (χ1n) is 10.9. The molecule has 1 saturated carbocycles. The minimum absolute atomic E-state index is 0.0356. The van der Waals surface area contributed by atoms with Gasteiger partial charge in [0, 0.05) is 23.2 Å². The van der Waals surface area contributed by atoms with Crippen LogP contribution in [0.3, 0.4) is 0 Å². The van der Waals surface area contributed by atoms with Crippen molar-refractivity contribution < 1.29 is 36.6 Å². The monoisotopic (exact) mass is 535 g/mol. The van der Waals surface area contributed by atoms with Crippen LogP contribution in [0.25, 0.3) is 0 Å². The molecule has 1 aliphatic rings. The van der Waals surface area contributed by atoms with Gasteiger partial charge in [0.05, 0.1) is 17.4 Å². The first-order chi connectivity index (χ1) is 17.1. The molecular formula is C24H30ClF4N3O4. The third-order valence-corrected chi connectivity index (χ3v) is 5.71. The van der Waals surface area contributed by atoms with E-state index < -0.39 is 18.6 Å². The Hall–Kier alpha value is -2.92. The summed E-state index contributed by atoms with van der Waals surface area (Å²) in [5, 5.41) is 6.34. The highest BCUT2D eigenvalue weighted by atomic mass is 35.5. The van der Waals surface area contributed by atoms with Crippen molar-refractivity contribution in [2.45, 2.75) is 44.2 Å². The molecule has 1 fully saturated rings. The average Bonchev–Trinajstić information content (AvgIpc) is 2.83. The van der Waals surface area contributed by atoms with E-state index in [4.69, 9.17) is 21.1 Å². The summed E-state index contributed by atoms with van der Waals surface area (Å²) in [6.45, 7) is 2.24. The number of pyridine rings is 1. The molecule has 12 heteroatoms. The fourth-order valence-corrected chi connectivity index (χ4v) is 3.81. The highest BCUT2D eigenvalue weighted by Gasteiger charge is 2.50. The maximum absolute atomic E-state index is 13.0. The molecule has 0 unspecified atom stereocenters. The van der Waals surface area contributed by atoms with Crippen LogP contribution in [0.1, 0.15) is 33.1 Å². The third-order valence-electron chi connectivity index (χ3n) is 5.40. The molecule has 0 atom stereocenters. The van der Waals surface area contributed by atoms with Gasteiger partial charge < -0.3 is 20.1 Å². The first kappa shape index (κ1) is 31.1. The van der Waals surface area contributed by atoms with Gasteiger partial charge in [-0.25, -0.2) is 17.6 Å². The van der Waals surface area contributed by atoms with E-state index in [0.717, 1.165) is 31.5 Å². The molecular weight excluding hydrogens is 506 g/mol. The molecule has 1 heterocycles. The van der Waals surface area contributed by atoms with Crippen molar-refractivity contribution >= 4 is 23.8 Å². The van der Waals surface area contributed by atoms with Gasteiger partial charge in [0.2, 0.25) is 6.93 Å². The number of hydrogen-bond acceptors (Lipinski definition) is 6. The predicted octanol–water partition coefficient (Wildman–Crippen LogP) is 4.58. The Morgan fingerprint density at radius 2 is 1.83 bits per heavy atom. The molecule has 2 N–H and O–H groups in total. The lowest BCUT2D eigenvalue weighted by Gasteiger charge is -2.54. The van der Waals surface area contributed by atoms with Gasteiger partial charge in [-0.3, -0.25) is 14.6 Å². The molecule has 1 aromatic carbocycles. The third kappa shape index (κ3) is 10.4. The number of ether oxygens (including phenoxy) is 2. The summed E-state index contributed by atoms with van der Waals surface area (Å²) in [5.74, 6) is -0.686. The number of carbonyl (C=O) groups is 2. The summed E-state index contributed by atoms with van der Waals surface area (Å²) in [5.41, 5.74) is -0.0883. The van der Waals surface area contributed by atoms with Crippen molar-refractivity contribution in [1.29, 1.82) is 0 Å². The molecule has 0 radical (unpaired) electrons. The van der Waals surface area contributed by atoms with E-state index in [1.165, 1.54) is 24.4 Å². The second-order valence-electron chi connectivity index (χ2n) is 8.13. The number of rotatable bonds is 9. The Balaban J connectivity index is 0.000000365. The smallest absolute Gasteiger partial charge is 0.258 e. The zero-order chi connectivity index (χ0) is 27.2. The molecule has 200 valence electrons. The van der Waals surface area contributed by atoms with Gasteiger partial charge in [-0.05, 0) is 45.4 Å². The van der Waals surface area contributed by atoms with Crippen LogP contribution in [-0.4, -0.2) is 55.4 Å². The maximum atomic E-state index is 13.0. The van der Waals surface area contributed by atoms with E-state index >= 15 is 0 Å². The fourth-order valence-electron chi connectivity index (χ4n) is 3.69. The van der Waals surface area contributed by atoms with Crippen LogP contribution in [0.15, 0.2) is 36.7 Å². The summed E-state index contributed by atoms with van der Waals surface area (Å²) in [6.07, 6.45) is 5.71. The lowest BCUT2D eigenvalue weighted by atomic mass is 9.62. The SMILES string of the molecule is CCC1(NC(=O)COc2cncc(F)c2)CC(C)(NC)C1.FCF.O=CCOc1ccc(Cl)c(F)c1. The number of aldehydes is 1. The van der Waals surface area contributed by atoms with E-state index in [1.807, 2.05) is 7.05 Å². The predicted molar refractivity (Wildman–Crippen MR) is 128 cm³/mol. The molecule has 7 nitrogen and oxygen atoms in total. The number of aromatic nitrogens is 1. The van der Waals surface area contributed by atoms with Gasteiger partial charge in [-0.15, -0.1) is 0 Å². The second-order valence-corrected chi connectivity index (χ2v) is 8.54. The lowest BCUT2D eigenvalue weighted by Crippen LogP contribution is -2.68. The summed E-state index contributed by atoms with van der Waals surface area (Å²) in [4.78, 5) is 25.6. The topological polar surface area (TPSA) is 89.5 Å². The number of carbonyl (C=O) groups excluding carboxylic acids is 2. The molecule has 3 rings (SSSR count). The first-order valence-corrected chi connectivity index (χ1v) is 11.3. The highest BCUT2D eigenvalue weighted by molar-refractivity contribution is 6.30. The minimum Gasteiger partial charge on any atom is -0.486 e. The molecule has 0 aliphatic heterocycles. The van der Waals surface area contributed by atoms with Crippen molar-refractivity contribution in [3.8, 4) is 11.5 Å². The van der Waals surface area contributed by atoms with Crippen LogP contribution in [0.4, 0.5) is 17.6 Å². The van der Waals surface area contributed by atoms with Crippen molar-refractivity contribution in [3.63, 3.8) is 0 Å². The molecule has 0 spiro atoms. The molecule has 1 amide bonds. The number of halogens is 5. The van der Waals surface area contributed by atoms with E-state index in [1.54, 1.807) is 0 Å². The summed E-state index contributed by atoms with van der Waals surface area (Å²) in [7, 11) is 1.93. The Bertz CT molecular complexity index is 978. The van der Waals surface area contributed by atoms with Crippen LogP contribution in [0, 0.1) is 11.6 Å². The van der Waals surface area contributed by atoms with E-state index in [0.29, 0.717) is 12.0 Å². The standard InChI is InChI=1S/C15H22FN3O2.C8H6ClFO2.CH2F2/c1-4-15(9-14(2,10-15)17-3)19-13(20)8-21-12-5-11(16)6-18-7-12;9-7-2-1-6(5-8(7)10)12-4-3-11;2-1-3/h5-7,17H,4,8-10H2,1-3H3,(H,19,20);1-3,5H,4H2;1H2. The Labute approximate surface area is 212 Å². The number of hydrogen-bond donors (Lipinski definition) is 2. The molecule has 0 saturated heterocycles. The zero-order valence-corrected chi connectivity index (χ0v) is 21.0. The Morgan fingerprint density at radius 3 is 2.36 bits per heavy atom. The molecule has 0 bridgehead atoms. The largest absolute Gasteiger partial charge is 0.486 e. The zero-order valence-electron chi connectivity index (χ0n) is 20.3. The molecule has 36 heavy (non-hydrogen) atoms. The molecule has 1 aliphatic carbocycles. The normalized spacial score (nSPS) is 19.9. The average molecular weight is 536 g/mol. The van der Waals surface area contributed by atoms with E-state index in [9.17, 15) is 27.2 Å². The Morgan fingerprint density at radius 1 is 1.17 bits per heavy atom. The lowest BCUT2D eigenvalue weighted by molar-refractivity contribution is -0.127. The number of benzene rings is 1. The van der Waals surface area contributed by atoms with Gasteiger partial charge in [-0.2, -0.15) is 0 Å². The number of alkyl halides is 2. The fraction of sp³-hybridized carbons (Fsp3) is 0.458. The summed E-state index contributed by atoms with van der Waals surface area (Å²) in [6, 6.07) is 5.20. The molecule has 2 aromatic rings. The van der Waals surface area contributed by atoms with Gasteiger partial charge in [0.1, 0.15) is 29.7 Å². The highest BCUT2D eigenvalue weighted by Crippen LogP contribution is 2.43. The van der Waals surface area contributed by atoms with Gasteiger partial charge in [0.15, 0.2) is 12.9 Å². The maximum Gasteiger partial charge on any atom is 0.258 e. The quantitative estimate of drug-likeness (QED) is 0.361. The van der Waals surface area contributed by atoms with Crippen molar-refractivity contribution in [1.82, 2.24) is 15.6 Å². The van der Waals surface area contributed by atoms with Gasteiger partial charge in [-0.1, -0.05) is 18.5 Å². The summed E-state index contributed by atoms with van der Waals surface area (Å²) < 4.78 is 55.0. The number of amides is 1. The van der Waals surface area contributed by atoms with E-state index in [-0.39, 0.29) is 41.0 Å². The summed E-state index contributed by atoms with van der Waals surface area (Å²) >= 11 is 5.41. The van der Waals surface area contributed by atoms with E-state index in [2.05, 4.69) is 29.5 Å². The van der Waals surface area contributed by atoms with Crippen LogP contribution < -0.4 is 20.1 Å². The number of nitrogens with zero attached hydrogens (tertiary/aromatic N) is 1. The van der Waals surface area contributed by atoms with Crippen LogP contribution >= 0.6 is 11.6 Å². The van der Waals surface area contributed by atoms with Crippen LogP contribution in [-0.2, 0) is 9.59 Å². The van der Waals surface area contributed by atoms with Crippen molar-refractivity contribution in [2.24, 2.45) is 0 Å². The Kier molecular flexibility index (Phi) is 13.2. The molecule has 1 aromatic heterocycles. The van der Waals surface area contributed by atoms with Gasteiger partial charge in [0.25, 0.3) is 5.91 Å². The van der Waals surface area contributed by atoms with Gasteiger partial charge >= 0.3 is 0 Å². The second kappa shape index (κ2) is 15.2. The van der Waals surface area contributed by atoms with Crippen molar-refractivity contribution in [2.75, 3.05) is 27.2 Å². The minimum atomic E-state index is -1.75.